The zero-order valence-corrected chi connectivity index (χ0v) is 14.1. The van der Waals surface area contributed by atoms with Gasteiger partial charge in [0.1, 0.15) is 5.92 Å². The molecule has 0 radical (unpaired) electrons. The number of hydrogen-bond donors (Lipinski definition) is 0. The van der Waals surface area contributed by atoms with Crippen LogP contribution in [-0.4, -0.2) is 23.1 Å². The van der Waals surface area contributed by atoms with Gasteiger partial charge in [-0.25, -0.2) is 0 Å². The first-order valence-corrected chi connectivity index (χ1v) is 8.84. The molecule has 3 nitrogen and oxygen atoms in total. The minimum atomic E-state index is -0.981. The van der Waals surface area contributed by atoms with E-state index in [2.05, 4.69) is 0 Å². The number of carbonyl (C=O) groups is 3. The van der Waals surface area contributed by atoms with Crippen LogP contribution in [0.1, 0.15) is 32.6 Å². The van der Waals surface area contributed by atoms with E-state index in [-0.39, 0.29) is 29.7 Å². The lowest BCUT2D eigenvalue weighted by Gasteiger charge is -2.25. The minimum Gasteiger partial charge on any atom is -0.298 e. The van der Waals surface area contributed by atoms with Crippen molar-refractivity contribution in [3.8, 4) is 0 Å². The van der Waals surface area contributed by atoms with Crippen molar-refractivity contribution in [3.63, 3.8) is 0 Å². The zero-order valence-electron chi connectivity index (χ0n) is 12.5. The second kappa shape index (κ2) is 7.93. The van der Waals surface area contributed by atoms with Gasteiger partial charge in [0.05, 0.1) is 0 Å². The molecule has 0 bridgehead atoms. The SMILES string of the molecule is CCC(=O)C1C(=O)CC(CCSc2ccc(Cl)cc2)CC1=O. The van der Waals surface area contributed by atoms with Gasteiger partial charge in [-0.05, 0) is 42.4 Å². The lowest BCUT2D eigenvalue weighted by Crippen LogP contribution is -2.38. The van der Waals surface area contributed by atoms with Crippen LogP contribution < -0.4 is 0 Å². The highest BCUT2D eigenvalue weighted by atomic mass is 35.5. The Kier molecular flexibility index (Phi) is 6.21. The Hall–Kier alpha value is -1.13. The van der Waals surface area contributed by atoms with Gasteiger partial charge in [0.25, 0.3) is 0 Å². The van der Waals surface area contributed by atoms with E-state index in [1.807, 2.05) is 24.3 Å². The molecule has 1 aromatic carbocycles. The Balaban J connectivity index is 1.83. The van der Waals surface area contributed by atoms with E-state index in [4.69, 9.17) is 11.6 Å². The molecule has 0 saturated heterocycles. The molecule has 1 aromatic rings. The molecule has 1 aliphatic rings. The standard InChI is InChI=1S/C17H19ClO3S/c1-2-14(19)17-15(20)9-11(10-16(17)21)7-8-22-13-5-3-12(18)4-6-13/h3-6,11,17H,2,7-10H2,1H3. The summed E-state index contributed by atoms with van der Waals surface area (Å²) >= 11 is 7.53. The average Bonchev–Trinajstić information content (AvgIpc) is 2.48. The summed E-state index contributed by atoms with van der Waals surface area (Å²) in [7, 11) is 0. The Morgan fingerprint density at radius 2 is 1.77 bits per heavy atom. The van der Waals surface area contributed by atoms with Gasteiger partial charge in [-0.1, -0.05) is 18.5 Å². The Morgan fingerprint density at radius 1 is 1.18 bits per heavy atom. The third-order valence-corrected chi connectivity index (χ3v) is 5.20. The summed E-state index contributed by atoms with van der Waals surface area (Å²) in [6, 6.07) is 7.61. The van der Waals surface area contributed by atoms with Crippen molar-refractivity contribution < 1.29 is 14.4 Å². The number of benzene rings is 1. The number of thioether (sulfide) groups is 1. The first-order chi connectivity index (χ1) is 10.5. The summed E-state index contributed by atoms with van der Waals surface area (Å²) in [5.74, 6) is -0.678. The summed E-state index contributed by atoms with van der Waals surface area (Å²) < 4.78 is 0. The number of ketones is 3. The number of rotatable bonds is 6. The predicted molar refractivity (Wildman–Crippen MR) is 88.3 cm³/mol. The highest BCUT2D eigenvalue weighted by Gasteiger charge is 2.38. The first kappa shape index (κ1) is 17.2. The van der Waals surface area contributed by atoms with Crippen LogP contribution in [0.5, 0.6) is 0 Å². The molecule has 1 saturated carbocycles. The van der Waals surface area contributed by atoms with Gasteiger partial charge in [-0.2, -0.15) is 0 Å². The van der Waals surface area contributed by atoms with Crippen LogP contribution in [0.15, 0.2) is 29.2 Å². The van der Waals surface area contributed by atoms with E-state index in [1.54, 1.807) is 18.7 Å². The maximum absolute atomic E-state index is 12.0. The van der Waals surface area contributed by atoms with Gasteiger partial charge in [0.2, 0.25) is 0 Å². The van der Waals surface area contributed by atoms with Gasteiger partial charge in [-0.15, -0.1) is 11.8 Å². The molecule has 118 valence electrons. The van der Waals surface area contributed by atoms with Crippen molar-refractivity contribution in [1.82, 2.24) is 0 Å². The smallest absolute Gasteiger partial charge is 0.151 e. The number of Topliss-reactive ketones (excluding diaryl/α,β-unsaturated/α-hetero) is 3. The van der Waals surface area contributed by atoms with E-state index < -0.39 is 5.92 Å². The molecule has 22 heavy (non-hydrogen) atoms. The first-order valence-electron chi connectivity index (χ1n) is 7.47. The summed E-state index contributed by atoms with van der Waals surface area (Å²) in [4.78, 5) is 36.8. The lowest BCUT2D eigenvalue weighted by atomic mass is 9.76. The molecule has 0 atom stereocenters. The molecule has 2 rings (SSSR count). The molecule has 1 fully saturated rings. The molecule has 0 aromatic heterocycles. The number of halogens is 1. The average molecular weight is 339 g/mol. The Bertz CT molecular complexity index is 550. The third-order valence-electron chi connectivity index (χ3n) is 3.90. The monoisotopic (exact) mass is 338 g/mol. The fourth-order valence-electron chi connectivity index (χ4n) is 2.70. The number of hydrogen-bond acceptors (Lipinski definition) is 4. The van der Waals surface area contributed by atoms with E-state index in [0.29, 0.717) is 17.9 Å². The van der Waals surface area contributed by atoms with Crippen LogP contribution in [-0.2, 0) is 14.4 Å². The summed E-state index contributed by atoms with van der Waals surface area (Å²) in [5.41, 5.74) is 0. The largest absolute Gasteiger partial charge is 0.298 e. The topological polar surface area (TPSA) is 51.2 Å². The summed E-state index contributed by atoms with van der Waals surface area (Å²) in [6.45, 7) is 1.69. The van der Waals surface area contributed by atoms with Crippen LogP contribution in [0.3, 0.4) is 0 Å². The minimum absolute atomic E-state index is 0.0701. The Labute approximate surface area is 139 Å². The third kappa shape index (κ3) is 4.43. The van der Waals surface area contributed by atoms with E-state index in [0.717, 1.165) is 17.1 Å². The van der Waals surface area contributed by atoms with Crippen molar-refractivity contribution in [2.75, 3.05) is 5.75 Å². The van der Waals surface area contributed by atoms with Gasteiger partial charge in [-0.3, -0.25) is 14.4 Å². The quantitative estimate of drug-likeness (QED) is 0.582. The van der Waals surface area contributed by atoms with Gasteiger partial charge in [0, 0.05) is 29.2 Å². The molecule has 0 unspecified atom stereocenters. The van der Waals surface area contributed by atoms with E-state index >= 15 is 0 Å². The highest BCUT2D eigenvalue weighted by Crippen LogP contribution is 2.30. The van der Waals surface area contributed by atoms with Crippen LogP contribution in [0.2, 0.25) is 5.02 Å². The lowest BCUT2D eigenvalue weighted by molar-refractivity contribution is -0.143. The van der Waals surface area contributed by atoms with Crippen LogP contribution >= 0.6 is 23.4 Å². The maximum atomic E-state index is 12.0. The molecule has 0 N–H and O–H groups in total. The molecule has 0 heterocycles. The van der Waals surface area contributed by atoms with Crippen molar-refractivity contribution >= 4 is 40.7 Å². The fraction of sp³-hybridized carbons (Fsp3) is 0.471. The van der Waals surface area contributed by atoms with E-state index in [1.165, 1.54) is 0 Å². The van der Waals surface area contributed by atoms with E-state index in [9.17, 15) is 14.4 Å². The van der Waals surface area contributed by atoms with Crippen LogP contribution in [0, 0.1) is 11.8 Å². The summed E-state index contributed by atoms with van der Waals surface area (Å²) in [5, 5.41) is 0.708. The molecule has 0 spiro atoms. The molecule has 5 heteroatoms. The second-order valence-electron chi connectivity index (χ2n) is 5.55. The molecular weight excluding hydrogens is 320 g/mol. The highest BCUT2D eigenvalue weighted by molar-refractivity contribution is 7.99. The molecule has 0 amide bonds. The molecular formula is C17H19ClO3S. The van der Waals surface area contributed by atoms with Gasteiger partial charge >= 0.3 is 0 Å². The fourth-order valence-corrected chi connectivity index (χ4v) is 3.84. The van der Waals surface area contributed by atoms with Crippen molar-refractivity contribution in [2.45, 2.75) is 37.5 Å². The van der Waals surface area contributed by atoms with Crippen molar-refractivity contribution in [2.24, 2.45) is 11.8 Å². The van der Waals surface area contributed by atoms with Crippen molar-refractivity contribution in [3.05, 3.63) is 29.3 Å². The molecule has 0 aliphatic heterocycles. The summed E-state index contributed by atoms with van der Waals surface area (Å²) in [6.07, 6.45) is 1.75. The van der Waals surface area contributed by atoms with Crippen LogP contribution in [0.4, 0.5) is 0 Å². The predicted octanol–water partition coefficient (Wildman–Crippen LogP) is 3.97. The zero-order chi connectivity index (χ0) is 16.1. The number of carbonyl (C=O) groups excluding carboxylic acids is 3. The van der Waals surface area contributed by atoms with Crippen LogP contribution in [0.25, 0.3) is 0 Å². The second-order valence-corrected chi connectivity index (χ2v) is 7.16. The van der Waals surface area contributed by atoms with Crippen molar-refractivity contribution in [1.29, 1.82) is 0 Å². The van der Waals surface area contributed by atoms with Gasteiger partial charge in [0.15, 0.2) is 17.3 Å². The normalized spacial score (nSPS) is 21.9. The Morgan fingerprint density at radius 3 is 2.32 bits per heavy atom. The maximum Gasteiger partial charge on any atom is 0.151 e. The van der Waals surface area contributed by atoms with Gasteiger partial charge < -0.3 is 0 Å². The molecule has 1 aliphatic carbocycles.